The standard InChI is InChI=1S/C13H16BrNO/c14-11-3-1-2-4-12(11)15-9-13(10-15)5-7-16-8-6-13/h1-4H,5-10H2. The summed E-state index contributed by atoms with van der Waals surface area (Å²) in [6.07, 6.45) is 2.46. The minimum atomic E-state index is 0.549. The number of hydrogen-bond acceptors (Lipinski definition) is 2. The van der Waals surface area contributed by atoms with Gasteiger partial charge < -0.3 is 9.64 Å². The molecule has 2 aliphatic rings. The normalized spacial score (nSPS) is 23.2. The van der Waals surface area contributed by atoms with Crippen molar-refractivity contribution in [3.63, 3.8) is 0 Å². The Kier molecular flexibility index (Phi) is 2.68. The number of benzene rings is 1. The van der Waals surface area contributed by atoms with Gasteiger partial charge in [-0.3, -0.25) is 0 Å². The van der Waals surface area contributed by atoms with Gasteiger partial charge in [0.25, 0.3) is 0 Å². The smallest absolute Gasteiger partial charge is 0.0511 e. The third kappa shape index (κ3) is 1.76. The number of anilines is 1. The Hall–Kier alpha value is -0.540. The molecule has 0 atom stereocenters. The summed E-state index contributed by atoms with van der Waals surface area (Å²) in [6.45, 7) is 4.28. The lowest BCUT2D eigenvalue weighted by molar-refractivity contribution is -0.000232. The number of nitrogens with zero attached hydrogens (tertiary/aromatic N) is 1. The molecule has 2 fully saturated rings. The zero-order chi connectivity index (χ0) is 11.0. The van der Waals surface area contributed by atoms with Crippen molar-refractivity contribution in [1.29, 1.82) is 0 Å². The number of hydrogen-bond donors (Lipinski definition) is 0. The van der Waals surface area contributed by atoms with Crippen LogP contribution in [0.1, 0.15) is 12.8 Å². The average Bonchev–Trinajstić information content (AvgIpc) is 2.28. The van der Waals surface area contributed by atoms with Gasteiger partial charge >= 0.3 is 0 Å². The van der Waals surface area contributed by atoms with Crippen molar-refractivity contribution in [2.45, 2.75) is 12.8 Å². The fourth-order valence-corrected chi connectivity index (χ4v) is 3.30. The predicted molar refractivity (Wildman–Crippen MR) is 68.8 cm³/mol. The highest BCUT2D eigenvalue weighted by Gasteiger charge is 2.44. The molecule has 2 aliphatic heterocycles. The molecule has 0 unspecified atom stereocenters. The summed E-state index contributed by atoms with van der Waals surface area (Å²) in [4.78, 5) is 2.47. The third-order valence-corrected chi connectivity index (χ3v) is 4.47. The van der Waals surface area contributed by atoms with Gasteiger partial charge in [-0.05, 0) is 40.9 Å². The van der Waals surface area contributed by atoms with Crippen molar-refractivity contribution in [2.75, 3.05) is 31.2 Å². The van der Waals surface area contributed by atoms with Gasteiger partial charge in [-0.1, -0.05) is 12.1 Å². The molecule has 2 heterocycles. The van der Waals surface area contributed by atoms with E-state index in [1.807, 2.05) is 0 Å². The van der Waals surface area contributed by atoms with Gasteiger partial charge in [0.05, 0.1) is 5.69 Å². The van der Waals surface area contributed by atoms with Crippen LogP contribution in [0.25, 0.3) is 0 Å². The lowest BCUT2D eigenvalue weighted by atomic mass is 9.73. The van der Waals surface area contributed by atoms with Gasteiger partial charge in [0, 0.05) is 36.2 Å². The molecule has 0 bridgehead atoms. The van der Waals surface area contributed by atoms with Crippen LogP contribution < -0.4 is 4.90 Å². The lowest BCUT2D eigenvalue weighted by Gasteiger charge is -2.53. The Labute approximate surface area is 105 Å². The predicted octanol–water partition coefficient (Wildman–Crippen LogP) is 3.07. The van der Waals surface area contributed by atoms with Crippen molar-refractivity contribution in [3.05, 3.63) is 28.7 Å². The second-order valence-electron chi connectivity index (χ2n) is 4.92. The zero-order valence-corrected chi connectivity index (χ0v) is 10.9. The number of halogens is 1. The quantitative estimate of drug-likeness (QED) is 0.785. The largest absolute Gasteiger partial charge is 0.381 e. The molecule has 1 spiro atoms. The first-order chi connectivity index (χ1) is 7.79. The highest BCUT2D eigenvalue weighted by atomic mass is 79.9. The van der Waals surface area contributed by atoms with Crippen LogP contribution in [0.5, 0.6) is 0 Å². The van der Waals surface area contributed by atoms with Crippen molar-refractivity contribution in [2.24, 2.45) is 5.41 Å². The first kappa shape index (κ1) is 10.6. The zero-order valence-electron chi connectivity index (χ0n) is 9.29. The Morgan fingerprint density at radius 3 is 2.50 bits per heavy atom. The number of ether oxygens (including phenoxy) is 1. The van der Waals surface area contributed by atoms with Crippen molar-refractivity contribution < 1.29 is 4.74 Å². The molecule has 0 aromatic heterocycles. The monoisotopic (exact) mass is 281 g/mol. The molecule has 3 rings (SSSR count). The van der Waals surface area contributed by atoms with Crippen molar-refractivity contribution in [1.82, 2.24) is 0 Å². The van der Waals surface area contributed by atoms with Crippen molar-refractivity contribution in [3.8, 4) is 0 Å². The Bertz CT molecular complexity index is 379. The molecule has 0 aliphatic carbocycles. The van der Waals surface area contributed by atoms with Crippen LogP contribution in [0.2, 0.25) is 0 Å². The van der Waals surface area contributed by atoms with E-state index in [1.54, 1.807) is 0 Å². The molecule has 3 heteroatoms. The first-order valence-electron chi connectivity index (χ1n) is 5.86. The third-order valence-electron chi connectivity index (χ3n) is 3.80. The molecule has 1 aromatic carbocycles. The topological polar surface area (TPSA) is 12.5 Å². The van der Waals surface area contributed by atoms with Gasteiger partial charge in [0.15, 0.2) is 0 Å². The van der Waals surface area contributed by atoms with E-state index in [2.05, 4.69) is 45.1 Å². The summed E-state index contributed by atoms with van der Waals surface area (Å²) in [5.74, 6) is 0. The van der Waals surface area contributed by atoms with E-state index in [0.717, 1.165) is 13.2 Å². The Morgan fingerprint density at radius 1 is 1.12 bits per heavy atom. The van der Waals surface area contributed by atoms with Gasteiger partial charge in [-0.15, -0.1) is 0 Å². The molecule has 86 valence electrons. The van der Waals surface area contributed by atoms with E-state index >= 15 is 0 Å². The molecule has 0 radical (unpaired) electrons. The van der Waals surface area contributed by atoms with Crippen molar-refractivity contribution >= 4 is 21.6 Å². The maximum atomic E-state index is 5.44. The SMILES string of the molecule is Brc1ccccc1N1CC2(CCOCC2)C1. The molecule has 0 N–H and O–H groups in total. The van der Waals surface area contributed by atoms with Crippen LogP contribution in [0.3, 0.4) is 0 Å². The van der Waals surface area contributed by atoms with Crippen LogP contribution in [0, 0.1) is 5.41 Å². The van der Waals surface area contributed by atoms with E-state index in [-0.39, 0.29) is 0 Å². The fraction of sp³-hybridized carbons (Fsp3) is 0.538. The summed E-state index contributed by atoms with van der Waals surface area (Å²) in [6, 6.07) is 8.48. The second-order valence-corrected chi connectivity index (χ2v) is 5.77. The molecule has 0 amide bonds. The van der Waals surface area contributed by atoms with Crippen LogP contribution in [0.15, 0.2) is 28.7 Å². The highest BCUT2D eigenvalue weighted by Crippen LogP contribution is 2.43. The van der Waals surface area contributed by atoms with Gasteiger partial charge in [0.2, 0.25) is 0 Å². The first-order valence-corrected chi connectivity index (χ1v) is 6.66. The minimum Gasteiger partial charge on any atom is -0.381 e. The fourth-order valence-electron chi connectivity index (χ4n) is 2.76. The maximum absolute atomic E-state index is 5.44. The molecule has 2 saturated heterocycles. The lowest BCUT2D eigenvalue weighted by Crippen LogP contribution is -2.58. The number of para-hydroxylation sites is 1. The molecule has 1 aromatic rings. The average molecular weight is 282 g/mol. The van der Waals surface area contributed by atoms with E-state index in [0.29, 0.717) is 5.41 Å². The van der Waals surface area contributed by atoms with E-state index in [9.17, 15) is 0 Å². The Balaban J connectivity index is 1.71. The van der Waals surface area contributed by atoms with Crippen LogP contribution in [-0.2, 0) is 4.74 Å². The summed E-state index contributed by atoms with van der Waals surface area (Å²) in [5, 5.41) is 0. The summed E-state index contributed by atoms with van der Waals surface area (Å²) >= 11 is 3.62. The van der Waals surface area contributed by atoms with Gasteiger partial charge in [0.1, 0.15) is 0 Å². The van der Waals surface area contributed by atoms with E-state index in [4.69, 9.17) is 4.74 Å². The summed E-state index contributed by atoms with van der Waals surface area (Å²) < 4.78 is 6.64. The Morgan fingerprint density at radius 2 is 1.81 bits per heavy atom. The number of rotatable bonds is 1. The molecule has 16 heavy (non-hydrogen) atoms. The summed E-state index contributed by atoms with van der Waals surface area (Å²) in [5.41, 5.74) is 1.88. The van der Waals surface area contributed by atoms with E-state index < -0.39 is 0 Å². The van der Waals surface area contributed by atoms with Crippen LogP contribution in [-0.4, -0.2) is 26.3 Å². The molecule has 0 saturated carbocycles. The summed E-state index contributed by atoms with van der Waals surface area (Å²) in [7, 11) is 0. The molecular weight excluding hydrogens is 266 g/mol. The van der Waals surface area contributed by atoms with E-state index in [1.165, 1.54) is 36.1 Å². The maximum Gasteiger partial charge on any atom is 0.0511 e. The second kappa shape index (κ2) is 4.04. The van der Waals surface area contributed by atoms with Crippen LogP contribution in [0.4, 0.5) is 5.69 Å². The highest BCUT2D eigenvalue weighted by molar-refractivity contribution is 9.10. The molecular formula is C13H16BrNO. The van der Waals surface area contributed by atoms with Crippen LogP contribution >= 0.6 is 15.9 Å². The van der Waals surface area contributed by atoms with Gasteiger partial charge in [-0.25, -0.2) is 0 Å². The molecule has 2 nitrogen and oxygen atoms in total. The minimum absolute atomic E-state index is 0.549. The van der Waals surface area contributed by atoms with Gasteiger partial charge in [-0.2, -0.15) is 0 Å².